The number of hydrogen-bond acceptors (Lipinski definition) is 7. The van der Waals surface area contributed by atoms with Crippen molar-refractivity contribution in [2.45, 2.75) is 44.6 Å². The Balaban J connectivity index is 1.69. The van der Waals surface area contributed by atoms with E-state index in [1.165, 1.54) is 0 Å². The molecule has 0 spiro atoms. The summed E-state index contributed by atoms with van der Waals surface area (Å²) in [5.74, 6) is 2.94. The Bertz CT molecular complexity index is 850. The van der Waals surface area contributed by atoms with E-state index in [0.717, 1.165) is 21.8 Å². The van der Waals surface area contributed by atoms with Crippen LogP contribution >= 0.6 is 11.8 Å². The molecule has 0 saturated heterocycles. The number of rotatable bonds is 7. The fourth-order valence-electron chi connectivity index (χ4n) is 2.30. The summed E-state index contributed by atoms with van der Waals surface area (Å²) in [5, 5.41) is 5.99. The number of benzene rings is 1. The van der Waals surface area contributed by atoms with Crippen molar-refractivity contribution in [1.29, 1.82) is 0 Å². The average molecular weight is 358 g/mol. The van der Waals surface area contributed by atoms with Gasteiger partial charge in [0.05, 0.1) is 11.3 Å². The van der Waals surface area contributed by atoms with Crippen molar-refractivity contribution in [2.24, 2.45) is 5.92 Å². The van der Waals surface area contributed by atoms with Gasteiger partial charge in [-0.2, -0.15) is 4.98 Å². The lowest BCUT2D eigenvalue weighted by Gasteiger charge is -2.10. The van der Waals surface area contributed by atoms with Gasteiger partial charge in [0.25, 0.3) is 0 Å². The quantitative estimate of drug-likeness (QED) is 0.459. The van der Waals surface area contributed by atoms with E-state index in [1.54, 1.807) is 11.8 Å². The molecule has 0 unspecified atom stereocenters. The Kier molecular flexibility index (Phi) is 5.65. The molecule has 0 radical (unpaired) electrons. The van der Waals surface area contributed by atoms with Crippen LogP contribution in [0, 0.1) is 12.8 Å². The third-order valence-electron chi connectivity index (χ3n) is 3.54. The first-order valence-corrected chi connectivity index (χ1v) is 9.31. The standard InChI is InChI=1S/C18H22N4O2S/c1-11(2)9-23-12(3)17-21-16(24-22-17)10-25-18-14-7-5-6-8-15(14)19-13(4)20-18/h5-8,11-12H,9-10H2,1-4H3/t12-/m0/s1. The van der Waals surface area contributed by atoms with Crippen molar-refractivity contribution in [3.63, 3.8) is 0 Å². The summed E-state index contributed by atoms with van der Waals surface area (Å²) in [6.07, 6.45) is -0.174. The van der Waals surface area contributed by atoms with Crippen LogP contribution in [0.5, 0.6) is 0 Å². The van der Waals surface area contributed by atoms with Gasteiger partial charge in [-0.3, -0.25) is 0 Å². The number of hydrogen-bond donors (Lipinski definition) is 0. The summed E-state index contributed by atoms with van der Waals surface area (Å²) in [4.78, 5) is 13.4. The zero-order valence-corrected chi connectivity index (χ0v) is 15.7. The number of para-hydroxylation sites is 1. The van der Waals surface area contributed by atoms with Crippen molar-refractivity contribution >= 4 is 22.7 Å². The number of fused-ring (bicyclic) bond motifs is 1. The van der Waals surface area contributed by atoms with Gasteiger partial charge >= 0.3 is 0 Å². The Morgan fingerprint density at radius 1 is 1.12 bits per heavy atom. The van der Waals surface area contributed by atoms with Crippen LogP contribution in [0.4, 0.5) is 0 Å². The lowest BCUT2D eigenvalue weighted by Crippen LogP contribution is -2.07. The van der Waals surface area contributed by atoms with Crippen LogP contribution in [0.1, 0.15) is 44.4 Å². The molecule has 1 aromatic carbocycles. The Morgan fingerprint density at radius 3 is 2.72 bits per heavy atom. The Morgan fingerprint density at radius 2 is 1.92 bits per heavy atom. The Hall–Kier alpha value is -1.99. The second-order valence-electron chi connectivity index (χ2n) is 6.30. The number of aryl methyl sites for hydroxylation is 1. The third-order valence-corrected chi connectivity index (χ3v) is 4.52. The molecule has 2 heterocycles. The van der Waals surface area contributed by atoms with E-state index in [2.05, 4.69) is 34.0 Å². The summed E-state index contributed by atoms with van der Waals surface area (Å²) in [7, 11) is 0. The van der Waals surface area contributed by atoms with Crippen LogP contribution in [0.2, 0.25) is 0 Å². The van der Waals surface area contributed by atoms with Gasteiger partial charge in [0, 0.05) is 12.0 Å². The highest BCUT2D eigenvalue weighted by molar-refractivity contribution is 7.98. The summed E-state index contributed by atoms with van der Waals surface area (Å²) in [6.45, 7) is 8.73. The van der Waals surface area contributed by atoms with Crippen molar-refractivity contribution in [3.8, 4) is 0 Å². The number of aromatic nitrogens is 4. The minimum absolute atomic E-state index is 0.174. The molecule has 3 rings (SSSR count). The molecule has 7 heteroatoms. The molecule has 2 aromatic heterocycles. The van der Waals surface area contributed by atoms with Crippen LogP contribution in [-0.4, -0.2) is 26.7 Å². The fourth-order valence-corrected chi connectivity index (χ4v) is 3.20. The third kappa shape index (κ3) is 4.55. The molecule has 25 heavy (non-hydrogen) atoms. The number of thioether (sulfide) groups is 1. The SMILES string of the molecule is Cc1nc(SCc2nc([C@H](C)OCC(C)C)no2)c2ccccc2n1. The number of nitrogens with zero attached hydrogens (tertiary/aromatic N) is 4. The van der Waals surface area contributed by atoms with Gasteiger partial charge in [-0.25, -0.2) is 9.97 Å². The maximum absolute atomic E-state index is 5.73. The van der Waals surface area contributed by atoms with Crippen LogP contribution in [0.3, 0.4) is 0 Å². The molecule has 0 aliphatic carbocycles. The van der Waals surface area contributed by atoms with Crippen molar-refractivity contribution in [1.82, 2.24) is 20.1 Å². The highest BCUT2D eigenvalue weighted by Crippen LogP contribution is 2.28. The molecule has 0 fully saturated rings. The molecule has 0 bridgehead atoms. The van der Waals surface area contributed by atoms with Gasteiger partial charge in [-0.1, -0.05) is 49.0 Å². The van der Waals surface area contributed by atoms with Crippen molar-refractivity contribution in [2.75, 3.05) is 6.61 Å². The smallest absolute Gasteiger partial charge is 0.237 e. The van der Waals surface area contributed by atoms with Crippen LogP contribution < -0.4 is 0 Å². The molecule has 0 amide bonds. The normalized spacial score (nSPS) is 12.8. The van der Waals surface area contributed by atoms with E-state index in [-0.39, 0.29) is 6.10 Å². The molecule has 0 aliphatic rings. The van der Waals surface area contributed by atoms with Crippen LogP contribution in [0.25, 0.3) is 10.9 Å². The first-order valence-electron chi connectivity index (χ1n) is 8.33. The molecule has 6 nitrogen and oxygen atoms in total. The van der Waals surface area contributed by atoms with Crippen LogP contribution in [-0.2, 0) is 10.5 Å². The average Bonchev–Trinajstić information content (AvgIpc) is 3.06. The van der Waals surface area contributed by atoms with Gasteiger partial charge in [-0.05, 0) is 25.8 Å². The molecule has 1 atom stereocenters. The van der Waals surface area contributed by atoms with Gasteiger partial charge < -0.3 is 9.26 Å². The zero-order chi connectivity index (χ0) is 17.8. The van der Waals surface area contributed by atoms with E-state index >= 15 is 0 Å². The van der Waals surface area contributed by atoms with E-state index in [0.29, 0.717) is 30.0 Å². The van der Waals surface area contributed by atoms with E-state index in [1.807, 2.05) is 38.1 Å². The van der Waals surface area contributed by atoms with Gasteiger partial charge in [0.1, 0.15) is 17.0 Å². The predicted molar refractivity (Wildman–Crippen MR) is 97.3 cm³/mol. The lowest BCUT2D eigenvalue weighted by molar-refractivity contribution is 0.0402. The molecule has 0 N–H and O–H groups in total. The topological polar surface area (TPSA) is 73.9 Å². The monoisotopic (exact) mass is 358 g/mol. The van der Waals surface area contributed by atoms with E-state index < -0.39 is 0 Å². The maximum Gasteiger partial charge on any atom is 0.237 e. The zero-order valence-electron chi connectivity index (χ0n) is 14.9. The van der Waals surface area contributed by atoms with Crippen molar-refractivity contribution in [3.05, 3.63) is 41.8 Å². The molecular weight excluding hydrogens is 336 g/mol. The lowest BCUT2D eigenvalue weighted by atomic mass is 10.2. The first kappa shape index (κ1) is 17.8. The van der Waals surface area contributed by atoms with E-state index in [4.69, 9.17) is 9.26 Å². The summed E-state index contributed by atoms with van der Waals surface area (Å²) in [5.41, 5.74) is 0.944. The van der Waals surface area contributed by atoms with Crippen molar-refractivity contribution < 1.29 is 9.26 Å². The fraction of sp³-hybridized carbons (Fsp3) is 0.444. The highest BCUT2D eigenvalue weighted by atomic mass is 32.2. The summed E-state index contributed by atoms with van der Waals surface area (Å²) in [6, 6.07) is 7.99. The van der Waals surface area contributed by atoms with E-state index in [9.17, 15) is 0 Å². The molecular formula is C18H22N4O2S. The molecule has 3 aromatic rings. The highest BCUT2D eigenvalue weighted by Gasteiger charge is 2.16. The summed E-state index contributed by atoms with van der Waals surface area (Å²) >= 11 is 1.57. The molecule has 0 aliphatic heterocycles. The minimum atomic E-state index is -0.174. The maximum atomic E-state index is 5.73. The summed E-state index contributed by atoms with van der Waals surface area (Å²) < 4.78 is 11.1. The first-order chi connectivity index (χ1) is 12.0. The molecule has 0 saturated carbocycles. The van der Waals surface area contributed by atoms with Gasteiger partial charge in [-0.15, -0.1) is 0 Å². The molecule has 132 valence electrons. The minimum Gasteiger partial charge on any atom is -0.370 e. The Labute approximate surface area is 151 Å². The second kappa shape index (κ2) is 7.93. The van der Waals surface area contributed by atoms with Crippen LogP contribution in [0.15, 0.2) is 33.8 Å². The second-order valence-corrected chi connectivity index (χ2v) is 7.26. The van der Waals surface area contributed by atoms with Gasteiger partial charge in [0.2, 0.25) is 5.89 Å². The largest absolute Gasteiger partial charge is 0.370 e. The predicted octanol–water partition coefficient (Wildman–Crippen LogP) is 4.35. The van der Waals surface area contributed by atoms with Gasteiger partial charge in [0.15, 0.2) is 5.82 Å². The number of ether oxygens (including phenoxy) is 1.